The number of benzene rings is 1. The molecule has 0 fully saturated rings. The molecule has 0 spiro atoms. The lowest BCUT2D eigenvalue weighted by molar-refractivity contribution is -0.384. The fraction of sp³-hybridized carbons (Fsp3) is 0.308. The Morgan fingerprint density at radius 3 is 2.90 bits per heavy atom. The molecule has 0 radical (unpaired) electrons. The van der Waals surface area contributed by atoms with Crippen molar-refractivity contribution in [2.75, 3.05) is 12.4 Å². The standard InChI is InChI=1S/C13H15N3O3S/c1-3-10-7-15-13(20-10)8-14-11-6-9(19-2)4-5-12(11)16(17)18/h4-7,14H,3,8H2,1-2H3. The Kier molecular flexibility index (Phi) is 4.52. The van der Waals surface area contributed by atoms with Crippen molar-refractivity contribution < 1.29 is 9.66 Å². The van der Waals surface area contributed by atoms with Gasteiger partial charge in [-0.15, -0.1) is 11.3 Å². The lowest BCUT2D eigenvalue weighted by atomic mass is 10.2. The van der Waals surface area contributed by atoms with E-state index in [4.69, 9.17) is 4.74 Å². The van der Waals surface area contributed by atoms with Gasteiger partial charge in [-0.05, 0) is 12.5 Å². The number of aryl methyl sites for hydroxylation is 1. The Morgan fingerprint density at radius 1 is 1.50 bits per heavy atom. The summed E-state index contributed by atoms with van der Waals surface area (Å²) in [6, 6.07) is 4.62. The van der Waals surface area contributed by atoms with Crippen molar-refractivity contribution in [3.05, 3.63) is 44.4 Å². The number of nitrogens with one attached hydrogen (secondary N) is 1. The molecule has 0 saturated heterocycles. The average molecular weight is 293 g/mol. The second kappa shape index (κ2) is 6.33. The van der Waals surface area contributed by atoms with E-state index in [-0.39, 0.29) is 5.69 Å². The largest absolute Gasteiger partial charge is 0.497 e. The molecule has 0 aliphatic rings. The summed E-state index contributed by atoms with van der Waals surface area (Å²) in [6.07, 6.45) is 2.78. The molecule has 0 atom stereocenters. The second-order valence-corrected chi connectivity index (χ2v) is 5.27. The number of nitrogens with zero attached hydrogens (tertiary/aromatic N) is 2. The molecule has 0 aliphatic carbocycles. The maximum Gasteiger partial charge on any atom is 0.292 e. The van der Waals surface area contributed by atoms with Gasteiger partial charge in [0, 0.05) is 23.2 Å². The van der Waals surface area contributed by atoms with Crippen molar-refractivity contribution >= 4 is 22.7 Å². The predicted octanol–water partition coefficient (Wildman–Crippen LogP) is 3.23. The normalized spacial score (nSPS) is 10.3. The van der Waals surface area contributed by atoms with Gasteiger partial charge in [0.25, 0.3) is 5.69 Å². The first kappa shape index (κ1) is 14.3. The molecule has 0 amide bonds. The van der Waals surface area contributed by atoms with Gasteiger partial charge < -0.3 is 10.1 Å². The number of hydrogen-bond donors (Lipinski definition) is 1. The summed E-state index contributed by atoms with van der Waals surface area (Å²) in [6.45, 7) is 2.52. The summed E-state index contributed by atoms with van der Waals surface area (Å²) in [7, 11) is 1.53. The van der Waals surface area contributed by atoms with Gasteiger partial charge in [-0.25, -0.2) is 4.98 Å². The average Bonchev–Trinajstić information content (AvgIpc) is 2.92. The van der Waals surface area contributed by atoms with Crippen molar-refractivity contribution in [2.45, 2.75) is 19.9 Å². The van der Waals surface area contributed by atoms with Crippen molar-refractivity contribution in [3.8, 4) is 5.75 Å². The van der Waals surface area contributed by atoms with E-state index in [1.807, 2.05) is 6.20 Å². The molecule has 1 aromatic heterocycles. The molecule has 106 valence electrons. The Bertz CT molecular complexity index is 613. The Morgan fingerprint density at radius 2 is 2.30 bits per heavy atom. The lowest BCUT2D eigenvalue weighted by Crippen LogP contribution is -2.02. The van der Waals surface area contributed by atoms with Crippen molar-refractivity contribution in [2.24, 2.45) is 0 Å². The van der Waals surface area contributed by atoms with Gasteiger partial charge in [-0.3, -0.25) is 10.1 Å². The van der Waals surface area contributed by atoms with Crippen LogP contribution in [0.15, 0.2) is 24.4 Å². The van der Waals surface area contributed by atoms with Crippen molar-refractivity contribution in [1.82, 2.24) is 4.98 Å². The number of nitro benzene ring substituents is 1. The molecule has 1 heterocycles. The monoisotopic (exact) mass is 293 g/mol. The molecule has 7 heteroatoms. The number of anilines is 1. The minimum absolute atomic E-state index is 0.0260. The topological polar surface area (TPSA) is 77.3 Å². The van der Waals surface area contributed by atoms with Crippen LogP contribution < -0.4 is 10.1 Å². The summed E-state index contributed by atoms with van der Waals surface area (Å²) < 4.78 is 5.09. The highest BCUT2D eigenvalue weighted by Gasteiger charge is 2.14. The third-order valence-electron chi connectivity index (χ3n) is 2.78. The fourth-order valence-electron chi connectivity index (χ4n) is 1.71. The summed E-state index contributed by atoms with van der Waals surface area (Å²) in [5.74, 6) is 0.575. The van der Waals surface area contributed by atoms with E-state index < -0.39 is 4.92 Å². The third-order valence-corrected chi connectivity index (χ3v) is 3.92. The highest BCUT2D eigenvalue weighted by Crippen LogP contribution is 2.29. The van der Waals surface area contributed by atoms with E-state index in [0.29, 0.717) is 18.0 Å². The molecule has 0 bridgehead atoms. The van der Waals surface area contributed by atoms with Gasteiger partial charge in [0.1, 0.15) is 16.4 Å². The van der Waals surface area contributed by atoms with E-state index in [1.165, 1.54) is 18.1 Å². The molecule has 20 heavy (non-hydrogen) atoms. The zero-order valence-corrected chi connectivity index (χ0v) is 12.1. The van der Waals surface area contributed by atoms with Crippen molar-refractivity contribution in [1.29, 1.82) is 0 Å². The number of thiazole rings is 1. The highest BCUT2D eigenvalue weighted by molar-refractivity contribution is 7.11. The zero-order valence-electron chi connectivity index (χ0n) is 11.3. The van der Waals surface area contributed by atoms with Crippen LogP contribution in [0.25, 0.3) is 0 Å². The van der Waals surface area contributed by atoms with Crippen LogP contribution >= 0.6 is 11.3 Å². The minimum Gasteiger partial charge on any atom is -0.497 e. The Balaban J connectivity index is 2.16. The highest BCUT2D eigenvalue weighted by atomic mass is 32.1. The van der Waals surface area contributed by atoms with Gasteiger partial charge in [0.2, 0.25) is 0 Å². The van der Waals surface area contributed by atoms with Crippen LogP contribution in [0.4, 0.5) is 11.4 Å². The number of ether oxygens (including phenoxy) is 1. The van der Waals surface area contributed by atoms with Gasteiger partial charge in [-0.2, -0.15) is 0 Å². The second-order valence-electron chi connectivity index (χ2n) is 4.07. The number of nitro groups is 1. The third kappa shape index (κ3) is 3.24. The van der Waals surface area contributed by atoms with E-state index in [1.54, 1.807) is 23.5 Å². The quantitative estimate of drug-likeness (QED) is 0.653. The smallest absolute Gasteiger partial charge is 0.292 e. The molecule has 2 aromatic rings. The van der Waals surface area contributed by atoms with Gasteiger partial charge >= 0.3 is 0 Å². The molecular weight excluding hydrogens is 278 g/mol. The summed E-state index contributed by atoms with van der Waals surface area (Å²) in [5.41, 5.74) is 0.459. The molecule has 0 aliphatic heterocycles. The first-order valence-corrected chi connectivity index (χ1v) is 6.95. The number of methoxy groups -OCH3 is 1. The number of hydrogen-bond acceptors (Lipinski definition) is 6. The summed E-state index contributed by atoms with van der Waals surface area (Å²) in [4.78, 5) is 16.0. The summed E-state index contributed by atoms with van der Waals surface area (Å²) >= 11 is 1.60. The van der Waals surface area contributed by atoms with Crippen LogP contribution in [0.2, 0.25) is 0 Å². The SMILES string of the molecule is CCc1cnc(CNc2cc(OC)ccc2[N+](=O)[O-])s1. The van der Waals surface area contributed by atoms with Gasteiger partial charge in [0.05, 0.1) is 18.6 Å². The first-order chi connectivity index (χ1) is 9.63. The van der Waals surface area contributed by atoms with Crippen LogP contribution in [-0.4, -0.2) is 17.0 Å². The molecule has 0 saturated carbocycles. The van der Waals surface area contributed by atoms with E-state index in [0.717, 1.165) is 11.4 Å². The van der Waals surface area contributed by atoms with Crippen LogP contribution in [0.3, 0.4) is 0 Å². The Hall–Kier alpha value is -2.15. The van der Waals surface area contributed by atoms with Crippen LogP contribution in [0, 0.1) is 10.1 Å². The number of rotatable bonds is 6. The molecule has 1 N–H and O–H groups in total. The lowest BCUT2D eigenvalue weighted by Gasteiger charge is -2.07. The Labute approximate surface area is 120 Å². The minimum atomic E-state index is -0.416. The van der Waals surface area contributed by atoms with Gasteiger partial charge in [0.15, 0.2) is 0 Å². The maximum absolute atomic E-state index is 11.0. The summed E-state index contributed by atoms with van der Waals surface area (Å²) in [5, 5.41) is 14.9. The molecular formula is C13H15N3O3S. The van der Waals surface area contributed by atoms with E-state index >= 15 is 0 Å². The molecule has 6 nitrogen and oxygen atoms in total. The van der Waals surface area contributed by atoms with E-state index in [9.17, 15) is 10.1 Å². The predicted molar refractivity (Wildman–Crippen MR) is 78.5 cm³/mol. The number of aromatic nitrogens is 1. The molecule has 2 rings (SSSR count). The van der Waals surface area contributed by atoms with E-state index in [2.05, 4.69) is 17.2 Å². The van der Waals surface area contributed by atoms with Crippen LogP contribution in [0.1, 0.15) is 16.8 Å². The zero-order chi connectivity index (χ0) is 14.5. The fourth-order valence-corrected chi connectivity index (χ4v) is 2.51. The van der Waals surface area contributed by atoms with Gasteiger partial charge in [-0.1, -0.05) is 6.92 Å². The maximum atomic E-state index is 11.0. The molecule has 1 aromatic carbocycles. The van der Waals surface area contributed by atoms with Crippen molar-refractivity contribution in [3.63, 3.8) is 0 Å². The van der Waals surface area contributed by atoms with Crippen LogP contribution in [-0.2, 0) is 13.0 Å². The molecule has 0 unspecified atom stereocenters. The first-order valence-electron chi connectivity index (χ1n) is 6.14. The van der Waals surface area contributed by atoms with Crippen LogP contribution in [0.5, 0.6) is 5.75 Å².